The second-order valence-corrected chi connectivity index (χ2v) is 3.67. The van der Waals surface area contributed by atoms with Crippen molar-refractivity contribution in [3.63, 3.8) is 0 Å². The molecule has 68 valence electrons. The molecule has 1 aliphatic rings. The fourth-order valence-electron chi connectivity index (χ4n) is 1.81. The molecule has 0 amide bonds. The number of rotatable bonds is 1. The molecule has 1 heterocycles. The molecule has 0 aliphatic heterocycles. The van der Waals surface area contributed by atoms with Gasteiger partial charge in [-0.2, -0.15) is 0 Å². The van der Waals surface area contributed by atoms with E-state index in [4.69, 9.17) is 0 Å². The summed E-state index contributed by atoms with van der Waals surface area (Å²) in [7, 11) is 0. The van der Waals surface area contributed by atoms with Crippen LogP contribution in [-0.4, -0.2) is 10.8 Å². The van der Waals surface area contributed by atoms with Gasteiger partial charge in [-0.15, -0.1) is 0 Å². The summed E-state index contributed by atoms with van der Waals surface area (Å²) in [5.74, 6) is 0.442. The lowest BCUT2D eigenvalue weighted by Gasteiger charge is -2.06. The monoisotopic (exact) mass is 175 g/mol. The minimum atomic E-state index is 0.0839. The number of Topliss-reactive ketones (excluding diaryl/α,β-unsaturated/α-hetero) is 1. The highest BCUT2D eigenvalue weighted by Gasteiger charge is 2.26. The van der Waals surface area contributed by atoms with Crippen molar-refractivity contribution in [3.05, 3.63) is 29.6 Å². The van der Waals surface area contributed by atoms with Crippen LogP contribution in [0.2, 0.25) is 0 Å². The maximum atomic E-state index is 11.4. The Labute approximate surface area is 78.0 Å². The number of carbonyl (C=O) groups excluding carboxylic acids is 1. The van der Waals surface area contributed by atoms with Crippen LogP contribution in [-0.2, 0) is 4.79 Å². The van der Waals surface area contributed by atoms with Crippen LogP contribution < -0.4 is 0 Å². The Balaban J connectivity index is 2.25. The van der Waals surface area contributed by atoms with E-state index in [1.807, 2.05) is 25.3 Å². The second-order valence-electron chi connectivity index (χ2n) is 3.67. The molecule has 1 atom stereocenters. The van der Waals surface area contributed by atoms with Crippen molar-refractivity contribution in [1.82, 2.24) is 4.98 Å². The number of hydrogen-bond donors (Lipinski definition) is 0. The number of aromatic nitrogens is 1. The van der Waals surface area contributed by atoms with E-state index in [0.29, 0.717) is 5.78 Å². The smallest absolute Gasteiger partial charge is 0.141 e. The van der Waals surface area contributed by atoms with E-state index in [0.717, 1.165) is 30.5 Å². The van der Waals surface area contributed by atoms with E-state index in [1.54, 1.807) is 0 Å². The third-order valence-corrected chi connectivity index (χ3v) is 2.60. The van der Waals surface area contributed by atoms with Crippen LogP contribution in [0.25, 0.3) is 0 Å². The Hall–Kier alpha value is -1.18. The molecule has 1 fully saturated rings. The number of nitrogens with zero attached hydrogens (tertiary/aromatic N) is 1. The quantitative estimate of drug-likeness (QED) is 0.655. The summed E-state index contributed by atoms with van der Waals surface area (Å²) in [5, 5.41) is 0. The predicted molar refractivity (Wildman–Crippen MR) is 50.6 cm³/mol. The van der Waals surface area contributed by atoms with Crippen LogP contribution >= 0.6 is 0 Å². The summed E-state index contributed by atoms with van der Waals surface area (Å²) in [6.07, 6.45) is 4.58. The third kappa shape index (κ3) is 1.62. The zero-order chi connectivity index (χ0) is 9.26. The Morgan fingerprint density at radius 1 is 1.46 bits per heavy atom. The second kappa shape index (κ2) is 3.29. The lowest BCUT2D eigenvalue weighted by Crippen LogP contribution is -2.05. The number of aryl methyl sites for hydroxylation is 1. The minimum Gasteiger partial charge on any atom is -0.299 e. The molecule has 1 aromatic rings. The molecule has 2 heteroatoms. The predicted octanol–water partition coefficient (Wildman–Crippen LogP) is 2.23. The van der Waals surface area contributed by atoms with E-state index < -0.39 is 0 Å². The minimum absolute atomic E-state index is 0.0839. The Bertz CT molecular complexity index is 315. The molecule has 0 bridgehead atoms. The van der Waals surface area contributed by atoms with Crippen LogP contribution in [0.5, 0.6) is 0 Å². The zero-order valence-electron chi connectivity index (χ0n) is 7.79. The van der Waals surface area contributed by atoms with Crippen LogP contribution in [0.4, 0.5) is 0 Å². The van der Waals surface area contributed by atoms with E-state index in [2.05, 4.69) is 4.98 Å². The maximum absolute atomic E-state index is 11.4. The van der Waals surface area contributed by atoms with Gasteiger partial charge < -0.3 is 0 Å². The molecule has 0 radical (unpaired) electrons. The third-order valence-electron chi connectivity index (χ3n) is 2.60. The van der Waals surface area contributed by atoms with E-state index in [-0.39, 0.29) is 5.92 Å². The molecule has 1 aromatic heterocycles. The summed E-state index contributed by atoms with van der Waals surface area (Å²) >= 11 is 0. The number of pyridine rings is 1. The van der Waals surface area contributed by atoms with Crippen LogP contribution in [0, 0.1) is 6.92 Å². The number of hydrogen-bond acceptors (Lipinski definition) is 2. The Morgan fingerprint density at radius 2 is 2.31 bits per heavy atom. The highest BCUT2D eigenvalue weighted by molar-refractivity contribution is 5.87. The topological polar surface area (TPSA) is 30.0 Å². The van der Waals surface area contributed by atoms with Gasteiger partial charge >= 0.3 is 0 Å². The summed E-state index contributed by atoms with van der Waals surface area (Å²) < 4.78 is 0. The molecule has 1 aliphatic carbocycles. The average Bonchev–Trinajstić information content (AvgIpc) is 2.53. The van der Waals surface area contributed by atoms with Crippen molar-refractivity contribution < 1.29 is 4.79 Å². The van der Waals surface area contributed by atoms with Gasteiger partial charge in [0.25, 0.3) is 0 Å². The highest BCUT2D eigenvalue weighted by atomic mass is 16.1. The summed E-state index contributed by atoms with van der Waals surface area (Å²) in [6.45, 7) is 2.01. The molecular formula is C11H13NO. The molecule has 2 rings (SSSR count). The summed E-state index contributed by atoms with van der Waals surface area (Å²) in [5.41, 5.74) is 2.10. The van der Waals surface area contributed by atoms with Crippen molar-refractivity contribution in [3.8, 4) is 0 Å². The van der Waals surface area contributed by atoms with Crippen molar-refractivity contribution in [2.24, 2.45) is 0 Å². The molecule has 0 aromatic carbocycles. The van der Waals surface area contributed by atoms with Gasteiger partial charge in [0.2, 0.25) is 0 Å². The van der Waals surface area contributed by atoms with Gasteiger partial charge in [0, 0.05) is 12.6 Å². The SMILES string of the molecule is Cc1ccc([C@H]2CCCC2=O)nc1. The van der Waals surface area contributed by atoms with E-state index >= 15 is 0 Å². The van der Waals surface area contributed by atoms with Gasteiger partial charge in [-0.05, 0) is 31.4 Å². The molecule has 0 saturated heterocycles. The van der Waals surface area contributed by atoms with Gasteiger partial charge in [0.05, 0.1) is 11.6 Å². The van der Waals surface area contributed by atoms with E-state index in [1.165, 1.54) is 0 Å². The number of carbonyl (C=O) groups is 1. The summed E-state index contributed by atoms with van der Waals surface area (Å²) in [4.78, 5) is 15.7. The normalized spacial score (nSPS) is 22.2. The zero-order valence-corrected chi connectivity index (χ0v) is 7.79. The molecule has 0 N–H and O–H groups in total. The van der Waals surface area contributed by atoms with Gasteiger partial charge in [0.1, 0.15) is 5.78 Å². The van der Waals surface area contributed by atoms with Crippen molar-refractivity contribution in [2.45, 2.75) is 32.1 Å². The first-order valence-electron chi connectivity index (χ1n) is 4.72. The molecular weight excluding hydrogens is 162 g/mol. The van der Waals surface area contributed by atoms with Gasteiger partial charge in [-0.3, -0.25) is 9.78 Å². The Morgan fingerprint density at radius 3 is 2.85 bits per heavy atom. The first-order chi connectivity index (χ1) is 6.27. The van der Waals surface area contributed by atoms with Crippen LogP contribution in [0.3, 0.4) is 0 Å². The van der Waals surface area contributed by atoms with Crippen LogP contribution in [0.15, 0.2) is 18.3 Å². The average molecular weight is 175 g/mol. The van der Waals surface area contributed by atoms with E-state index in [9.17, 15) is 4.79 Å². The largest absolute Gasteiger partial charge is 0.299 e. The van der Waals surface area contributed by atoms with Gasteiger partial charge in [0.15, 0.2) is 0 Å². The molecule has 2 nitrogen and oxygen atoms in total. The lowest BCUT2D eigenvalue weighted by atomic mass is 10.0. The fraction of sp³-hybridized carbons (Fsp3) is 0.455. The number of ketones is 1. The Kier molecular flexibility index (Phi) is 2.13. The molecule has 0 spiro atoms. The van der Waals surface area contributed by atoms with Gasteiger partial charge in [-0.1, -0.05) is 6.07 Å². The molecule has 13 heavy (non-hydrogen) atoms. The maximum Gasteiger partial charge on any atom is 0.141 e. The summed E-state index contributed by atoms with van der Waals surface area (Å²) in [6, 6.07) is 4.00. The van der Waals surface area contributed by atoms with Crippen LogP contribution in [0.1, 0.15) is 36.4 Å². The first-order valence-corrected chi connectivity index (χ1v) is 4.72. The fourth-order valence-corrected chi connectivity index (χ4v) is 1.81. The molecule has 0 unspecified atom stereocenters. The standard InChI is InChI=1S/C11H13NO/c1-8-5-6-10(12-7-8)9-3-2-4-11(9)13/h5-7,9H,2-4H2,1H3/t9-/m1/s1. The molecule has 1 saturated carbocycles. The van der Waals surface area contributed by atoms with Crippen molar-refractivity contribution in [2.75, 3.05) is 0 Å². The van der Waals surface area contributed by atoms with Crippen molar-refractivity contribution in [1.29, 1.82) is 0 Å². The lowest BCUT2D eigenvalue weighted by molar-refractivity contribution is -0.118. The van der Waals surface area contributed by atoms with Crippen molar-refractivity contribution >= 4 is 5.78 Å². The first kappa shape index (κ1) is 8.42. The van der Waals surface area contributed by atoms with Gasteiger partial charge in [-0.25, -0.2) is 0 Å². The highest BCUT2D eigenvalue weighted by Crippen LogP contribution is 2.29.